The Morgan fingerprint density at radius 3 is 0.231 bits per heavy atom. The van der Waals surface area contributed by atoms with Crippen molar-refractivity contribution in [3.63, 3.8) is 0 Å². The van der Waals surface area contributed by atoms with E-state index in [0.717, 1.165) is 0 Å². The zero-order valence-electron chi connectivity index (χ0n) is 5.65. The van der Waals surface area contributed by atoms with E-state index in [4.69, 9.17) is 0 Å². The molecular formula is Mo2O9Y2-12. The van der Waals surface area contributed by atoms with E-state index in [2.05, 4.69) is 0 Å². The van der Waals surface area contributed by atoms with Crippen LogP contribution in [0.1, 0.15) is 0 Å². The molecule has 0 aliphatic rings. The van der Waals surface area contributed by atoms with E-state index in [9.17, 15) is 0 Å². The summed E-state index contributed by atoms with van der Waals surface area (Å²) in [6, 6.07) is 0. The molecule has 0 heterocycles. The maximum Gasteiger partial charge on any atom is 3.00 e. The minimum atomic E-state index is 0. The molecule has 0 aromatic rings. The Balaban J connectivity index is 0. The van der Waals surface area contributed by atoms with Crippen molar-refractivity contribution >= 4 is 0 Å². The van der Waals surface area contributed by atoms with E-state index < -0.39 is 0 Å². The molecule has 0 aromatic heterocycles. The van der Waals surface area contributed by atoms with Gasteiger partial charge in [-0.1, -0.05) is 0 Å². The molecule has 0 N–H and O–H groups in total. The van der Waals surface area contributed by atoms with Gasteiger partial charge < -0.3 is 49.3 Å². The van der Waals surface area contributed by atoms with Crippen LogP contribution in [0, 0.1) is 0 Å². The quantitative estimate of drug-likeness (QED) is 0.350. The third-order valence-electron chi connectivity index (χ3n) is 0. The van der Waals surface area contributed by atoms with Crippen molar-refractivity contribution < 1.29 is 157 Å². The summed E-state index contributed by atoms with van der Waals surface area (Å²) in [6.07, 6.45) is 0. The molecule has 84 valence electrons. The molecule has 0 rings (SSSR count). The topological polar surface area (TPSA) is 256 Å². The van der Waals surface area contributed by atoms with Gasteiger partial charge in [0.2, 0.25) is 0 Å². The summed E-state index contributed by atoms with van der Waals surface area (Å²) < 4.78 is 0. The molecular weight excluding hydrogens is 514 g/mol. The number of hydrogen-bond acceptors (Lipinski definition) is 0. The van der Waals surface area contributed by atoms with Crippen molar-refractivity contribution in [3.05, 3.63) is 0 Å². The normalized spacial score (nSPS) is 0. The minimum Gasteiger partial charge on any atom is -2.00 e. The second-order valence-corrected chi connectivity index (χ2v) is 0. The van der Waals surface area contributed by atoms with E-state index in [1.54, 1.807) is 0 Å². The average Bonchev–Trinajstić information content (AvgIpc) is 0. The fourth-order valence-corrected chi connectivity index (χ4v) is 0. The van der Waals surface area contributed by atoms with Crippen LogP contribution < -0.4 is 0 Å². The van der Waals surface area contributed by atoms with Crippen LogP contribution in [0.25, 0.3) is 0 Å². The van der Waals surface area contributed by atoms with Crippen LogP contribution in [-0.2, 0) is 157 Å². The maximum atomic E-state index is 0. The average molecular weight is 514 g/mol. The molecule has 0 unspecified atom stereocenters. The molecule has 0 bridgehead atoms. The molecule has 0 spiro atoms. The van der Waals surface area contributed by atoms with Gasteiger partial charge in [-0.15, -0.1) is 0 Å². The van der Waals surface area contributed by atoms with Crippen molar-refractivity contribution in [1.82, 2.24) is 0 Å². The van der Waals surface area contributed by atoms with Gasteiger partial charge in [0, 0.05) is 42.1 Å². The van der Waals surface area contributed by atoms with Crippen LogP contribution >= 0.6 is 0 Å². The summed E-state index contributed by atoms with van der Waals surface area (Å²) >= 11 is 0. The van der Waals surface area contributed by atoms with Crippen molar-refractivity contribution in [2.45, 2.75) is 0 Å². The zero-order chi connectivity index (χ0) is 0. The van der Waals surface area contributed by atoms with Crippen molar-refractivity contribution in [2.24, 2.45) is 0 Å². The van der Waals surface area contributed by atoms with Gasteiger partial charge in [-0.3, -0.25) is 0 Å². The number of hydrogen-bond donors (Lipinski definition) is 0. The van der Waals surface area contributed by atoms with E-state index in [-0.39, 0.29) is 157 Å². The summed E-state index contributed by atoms with van der Waals surface area (Å²) in [4.78, 5) is 0. The first-order chi connectivity index (χ1) is 0. The molecule has 0 atom stereocenters. The molecule has 0 fully saturated rings. The Bertz CT molecular complexity index is 15.6. The monoisotopic (exact) mass is 518 g/mol. The SMILES string of the molecule is [Mo].[Mo].[O-2].[O-2].[O-2].[O-2].[O-2].[O-2].[O-2].[O-2].[O-2].[Y+3].[Y+3]. The first kappa shape index (κ1) is 362. The first-order valence-corrected chi connectivity index (χ1v) is 0. The fraction of sp³-hybridized carbons (Fsp3) is 0. The Morgan fingerprint density at radius 2 is 0.231 bits per heavy atom. The van der Waals surface area contributed by atoms with Crippen molar-refractivity contribution in [3.8, 4) is 0 Å². The van der Waals surface area contributed by atoms with Gasteiger partial charge in [0.05, 0.1) is 0 Å². The number of rotatable bonds is 0. The van der Waals surface area contributed by atoms with Gasteiger partial charge in [0.15, 0.2) is 0 Å². The molecule has 0 aliphatic heterocycles. The molecule has 13 heteroatoms. The van der Waals surface area contributed by atoms with E-state index in [1.165, 1.54) is 0 Å². The molecule has 9 nitrogen and oxygen atoms in total. The summed E-state index contributed by atoms with van der Waals surface area (Å²) in [6.45, 7) is 0. The summed E-state index contributed by atoms with van der Waals surface area (Å²) in [7, 11) is 0. The molecule has 0 saturated heterocycles. The van der Waals surface area contributed by atoms with Crippen LogP contribution in [-0.4, -0.2) is 0 Å². The van der Waals surface area contributed by atoms with Gasteiger partial charge in [0.1, 0.15) is 0 Å². The molecule has 0 aliphatic carbocycles. The Morgan fingerprint density at radius 1 is 0.231 bits per heavy atom. The van der Waals surface area contributed by atoms with Gasteiger partial charge in [-0.2, -0.15) is 0 Å². The predicted molar refractivity (Wildman–Crippen MR) is 6.18 cm³/mol. The van der Waals surface area contributed by atoms with Crippen LogP contribution in [0.2, 0.25) is 0 Å². The van der Waals surface area contributed by atoms with Crippen LogP contribution in [0.3, 0.4) is 0 Å². The van der Waals surface area contributed by atoms with Crippen molar-refractivity contribution in [1.29, 1.82) is 0 Å². The van der Waals surface area contributed by atoms with E-state index in [1.807, 2.05) is 0 Å². The van der Waals surface area contributed by atoms with Gasteiger partial charge in [-0.25, -0.2) is 0 Å². The molecule has 13 heavy (non-hydrogen) atoms. The van der Waals surface area contributed by atoms with Crippen LogP contribution in [0.15, 0.2) is 0 Å². The summed E-state index contributed by atoms with van der Waals surface area (Å²) in [5.74, 6) is 0. The van der Waals surface area contributed by atoms with E-state index >= 15 is 0 Å². The van der Waals surface area contributed by atoms with Crippen LogP contribution in [0.4, 0.5) is 0 Å². The molecule has 0 amide bonds. The van der Waals surface area contributed by atoms with Crippen LogP contribution in [0.5, 0.6) is 0 Å². The minimum absolute atomic E-state index is 0. The molecule has 0 aromatic carbocycles. The van der Waals surface area contributed by atoms with Gasteiger partial charge >= 0.3 is 65.4 Å². The summed E-state index contributed by atoms with van der Waals surface area (Å²) in [5.41, 5.74) is 0. The first-order valence-electron chi connectivity index (χ1n) is 0. The second-order valence-electron chi connectivity index (χ2n) is 0. The Labute approximate surface area is 154 Å². The van der Waals surface area contributed by atoms with Gasteiger partial charge in [-0.05, 0) is 0 Å². The third kappa shape index (κ3) is 256. The third-order valence-corrected chi connectivity index (χ3v) is 0. The Kier molecular flexibility index (Phi) is 8240. The molecule has 0 radical (unpaired) electrons. The standard InChI is InChI=1S/2Mo.9O.2Y/q;;9*-2;2*+3. The molecule has 0 saturated carbocycles. The fourth-order valence-electron chi connectivity index (χ4n) is 0. The smallest absolute Gasteiger partial charge is 2.00 e. The largest absolute Gasteiger partial charge is 3.00 e. The van der Waals surface area contributed by atoms with Gasteiger partial charge in [0.25, 0.3) is 0 Å². The van der Waals surface area contributed by atoms with Crippen molar-refractivity contribution in [2.75, 3.05) is 0 Å². The Hall–Kier alpha value is 3.22. The second kappa shape index (κ2) is 296. The summed E-state index contributed by atoms with van der Waals surface area (Å²) in [5, 5.41) is 0. The predicted octanol–water partition coefficient (Wildman–Crippen LogP) is -1.08. The zero-order valence-corrected chi connectivity index (χ0v) is 15.3. The van der Waals surface area contributed by atoms with E-state index in [0.29, 0.717) is 0 Å². The maximum absolute atomic E-state index is 0.